The van der Waals surface area contributed by atoms with Crippen molar-refractivity contribution in [1.29, 1.82) is 0 Å². The summed E-state index contributed by atoms with van der Waals surface area (Å²) in [6, 6.07) is 18.3. The fraction of sp³-hybridized carbons (Fsp3) is 0.452. The summed E-state index contributed by atoms with van der Waals surface area (Å²) in [5, 5.41) is 3.18. The zero-order valence-corrected chi connectivity index (χ0v) is 22.1. The van der Waals surface area contributed by atoms with E-state index in [1.165, 1.54) is 5.56 Å². The number of benzene rings is 2. The van der Waals surface area contributed by atoms with E-state index in [4.69, 9.17) is 4.74 Å². The van der Waals surface area contributed by atoms with Crippen LogP contribution in [0.5, 0.6) is 5.75 Å². The van der Waals surface area contributed by atoms with Gasteiger partial charge in [-0.1, -0.05) is 55.0 Å². The summed E-state index contributed by atoms with van der Waals surface area (Å²) in [6.45, 7) is 3.06. The second kappa shape index (κ2) is 12.3. The summed E-state index contributed by atoms with van der Waals surface area (Å²) in [6.07, 6.45) is 10.2. The highest BCUT2D eigenvalue weighted by atomic mass is 16.5. The summed E-state index contributed by atoms with van der Waals surface area (Å²) in [5.74, 6) is 2.13. The molecule has 0 saturated carbocycles. The van der Waals surface area contributed by atoms with Crippen LogP contribution in [0.1, 0.15) is 50.5 Å². The largest absolute Gasteiger partial charge is 0.493 e. The predicted molar refractivity (Wildman–Crippen MR) is 148 cm³/mol. The van der Waals surface area contributed by atoms with Gasteiger partial charge in [-0.3, -0.25) is 9.59 Å². The first kappa shape index (κ1) is 26.0. The van der Waals surface area contributed by atoms with Crippen LogP contribution in [-0.2, 0) is 22.6 Å². The van der Waals surface area contributed by atoms with E-state index in [1.54, 1.807) is 6.20 Å². The van der Waals surface area contributed by atoms with Crippen molar-refractivity contribution in [2.24, 2.45) is 5.41 Å². The number of para-hydroxylation sites is 1. The molecule has 3 aromatic rings. The number of piperidine rings is 1. The van der Waals surface area contributed by atoms with Crippen molar-refractivity contribution < 1.29 is 14.3 Å². The molecule has 0 unspecified atom stereocenters. The predicted octanol–water partition coefficient (Wildman–Crippen LogP) is 4.86. The van der Waals surface area contributed by atoms with E-state index < -0.39 is 5.41 Å². The van der Waals surface area contributed by atoms with Crippen LogP contribution in [0.25, 0.3) is 11.4 Å². The van der Waals surface area contributed by atoms with Gasteiger partial charge in [0.1, 0.15) is 11.6 Å². The van der Waals surface area contributed by atoms with Crippen LogP contribution in [0.4, 0.5) is 0 Å². The Bertz CT molecular complexity index is 1210. The van der Waals surface area contributed by atoms with Crippen molar-refractivity contribution in [1.82, 2.24) is 19.8 Å². The summed E-state index contributed by atoms with van der Waals surface area (Å²) in [5.41, 5.74) is 1.90. The molecule has 7 heteroatoms. The Kier molecular flexibility index (Phi) is 8.41. The number of imidazole rings is 1. The normalized spacial score (nSPS) is 18.3. The second-order valence-corrected chi connectivity index (χ2v) is 10.5. The zero-order valence-electron chi connectivity index (χ0n) is 22.1. The van der Waals surface area contributed by atoms with Crippen LogP contribution < -0.4 is 10.1 Å². The van der Waals surface area contributed by atoms with Gasteiger partial charge in [0, 0.05) is 50.6 Å². The van der Waals surface area contributed by atoms with E-state index in [2.05, 4.69) is 22.4 Å². The van der Waals surface area contributed by atoms with Crippen molar-refractivity contribution in [2.75, 3.05) is 26.2 Å². The highest BCUT2D eigenvalue weighted by molar-refractivity contribution is 5.83. The smallest absolute Gasteiger partial charge is 0.226 e. The molecule has 2 aliphatic heterocycles. The number of aryl methyl sites for hydroxylation is 2. The number of amides is 2. The molecule has 5 rings (SSSR count). The minimum absolute atomic E-state index is 0.145. The topological polar surface area (TPSA) is 76.5 Å². The van der Waals surface area contributed by atoms with Crippen molar-refractivity contribution >= 4 is 11.8 Å². The SMILES string of the molecule is O=C(CCn1ccnc1-c1ccccc1)N1CCC2(CCCCc3ccccc3OCCCNC2=O)CC1. The zero-order chi connectivity index (χ0) is 26.2. The molecule has 1 N–H and O–H groups in total. The lowest BCUT2D eigenvalue weighted by molar-refractivity contribution is -0.141. The number of ether oxygens (including phenoxy) is 1. The second-order valence-electron chi connectivity index (χ2n) is 10.5. The third kappa shape index (κ3) is 6.09. The number of fused-ring (bicyclic) bond motifs is 1. The molecular formula is C31H38N4O3. The molecule has 1 saturated heterocycles. The number of nitrogens with one attached hydrogen (secondary N) is 1. The van der Waals surface area contributed by atoms with Crippen molar-refractivity contribution in [3.8, 4) is 17.1 Å². The monoisotopic (exact) mass is 514 g/mol. The molecule has 2 aliphatic rings. The minimum atomic E-state index is -0.393. The van der Waals surface area contributed by atoms with Gasteiger partial charge in [-0.2, -0.15) is 0 Å². The fourth-order valence-electron chi connectivity index (χ4n) is 5.76. The quantitative estimate of drug-likeness (QED) is 0.540. The molecule has 200 valence electrons. The molecule has 7 nitrogen and oxygen atoms in total. The van der Waals surface area contributed by atoms with Gasteiger partial charge < -0.3 is 19.5 Å². The number of nitrogens with zero attached hydrogens (tertiary/aromatic N) is 3. The van der Waals surface area contributed by atoms with Crippen LogP contribution >= 0.6 is 0 Å². The maximum Gasteiger partial charge on any atom is 0.226 e. The molecule has 0 bridgehead atoms. The van der Waals surface area contributed by atoms with Crippen molar-refractivity contribution in [3.05, 3.63) is 72.6 Å². The molecule has 1 aromatic heterocycles. The van der Waals surface area contributed by atoms with E-state index in [0.717, 1.165) is 62.1 Å². The molecule has 0 atom stereocenters. The molecular weight excluding hydrogens is 476 g/mol. The summed E-state index contributed by atoms with van der Waals surface area (Å²) < 4.78 is 8.04. The maximum atomic E-state index is 13.4. The Morgan fingerprint density at radius 1 is 0.974 bits per heavy atom. The Balaban J connectivity index is 1.17. The molecule has 1 spiro atoms. The average molecular weight is 515 g/mol. The fourth-order valence-corrected chi connectivity index (χ4v) is 5.76. The van der Waals surface area contributed by atoms with Gasteiger partial charge in [-0.25, -0.2) is 4.98 Å². The van der Waals surface area contributed by atoms with E-state index in [-0.39, 0.29) is 11.8 Å². The lowest BCUT2D eigenvalue weighted by Gasteiger charge is -2.41. The van der Waals surface area contributed by atoms with Crippen LogP contribution in [0.3, 0.4) is 0 Å². The number of carbonyl (C=O) groups excluding carboxylic acids is 2. The van der Waals surface area contributed by atoms with Gasteiger partial charge in [0.25, 0.3) is 0 Å². The number of carbonyl (C=O) groups is 2. The third-order valence-corrected chi connectivity index (χ3v) is 8.06. The standard InChI is InChI=1S/C31H38N4O3/c36-28(14-20-35-23-19-32-29(35)26-11-2-1-3-12-26)34-21-16-31(17-22-34)15-7-6-10-25-9-4-5-13-27(25)38-24-8-18-33-30(31)37/h1-5,9,11-13,19,23H,6-8,10,14-18,20-22,24H2,(H,33,37). The first-order valence-electron chi connectivity index (χ1n) is 14.0. The Morgan fingerprint density at radius 2 is 1.76 bits per heavy atom. The van der Waals surface area contributed by atoms with Crippen LogP contribution in [0.2, 0.25) is 0 Å². The highest BCUT2D eigenvalue weighted by Gasteiger charge is 2.41. The molecule has 2 amide bonds. The van der Waals surface area contributed by atoms with Crippen molar-refractivity contribution in [3.63, 3.8) is 0 Å². The first-order chi connectivity index (χ1) is 18.6. The van der Waals surface area contributed by atoms with Gasteiger partial charge in [0.2, 0.25) is 11.8 Å². The minimum Gasteiger partial charge on any atom is -0.493 e. The molecule has 3 heterocycles. The lowest BCUT2D eigenvalue weighted by Crippen LogP contribution is -2.50. The number of rotatable bonds is 4. The molecule has 2 aromatic carbocycles. The molecule has 0 aliphatic carbocycles. The molecule has 0 radical (unpaired) electrons. The van der Waals surface area contributed by atoms with E-state index in [9.17, 15) is 9.59 Å². The van der Waals surface area contributed by atoms with Gasteiger partial charge in [-0.15, -0.1) is 0 Å². The van der Waals surface area contributed by atoms with Gasteiger partial charge in [0.05, 0.1) is 12.0 Å². The molecule has 38 heavy (non-hydrogen) atoms. The molecule has 1 fully saturated rings. The maximum absolute atomic E-state index is 13.4. The summed E-state index contributed by atoms with van der Waals surface area (Å²) >= 11 is 0. The van der Waals surface area contributed by atoms with E-state index in [0.29, 0.717) is 39.2 Å². The van der Waals surface area contributed by atoms with Gasteiger partial charge in [0.15, 0.2) is 0 Å². The average Bonchev–Trinajstić information content (AvgIpc) is 3.44. The number of aromatic nitrogens is 2. The summed E-state index contributed by atoms with van der Waals surface area (Å²) in [7, 11) is 0. The highest BCUT2D eigenvalue weighted by Crippen LogP contribution is 2.38. The van der Waals surface area contributed by atoms with Crippen LogP contribution in [0.15, 0.2) is 67.0 Å². The number of likely N-dealkylation sites (tertiary alicyclic amines) is 1. The Labute approximate surface area is 225 Å². The number of hydrogen-bond donors (Lipinski definition) is 1. The lowest BCUT2D eigenvalue weighted by atomic mass is 9.73. The Hall–Kier alpha value is -3.61. The van der Waals surface area contributed by atoms with Crippen molar-refractivity contribution in [2.45, 2.75) is 57.9 Å². The Morgan fingerprint density at radius 3 is 2.61 bits per heavy atom. The van der Waals surface area contributed by atoms with Crippen LogP contribution in [-0.4, -0.2) is 52.5 Å². The number of hydrogen-bond acceptors (Lipinski definition) is 4. The van der Waals surface area contributed by atoms with E-state index in [1.807, 2.05) is 58.1 Å². The van der Waals surface area contributed by atoms with Gasteiger partial charge >= 0.3 is 0 Å². The van der Waals surface area contributed by atoms with E-state index >= 15 is 0 Å². The van der Waals surface area contributed by atoms with Crippen LogP contribution in [0, 0.1) is 5.41 Å². The first-order valence-corrected chi connectivity index (χ1v) is 14.0. The van der Waals surface area contributed by atoms with Gasteiger partial charge in [-0.05, 0) is 50.2 Å². The summed E-state index contributed by atoms with van der Waals surface area (Å²) in [4.78, 5) is 32.9. The third-order valence-electron chi connectivity index (χ3n) is 8.06.